The second-order valence-electron chi connectivity index (χ2n) is 7.06. The standard InChI is InChI=1S/C21H30N4O/c1-2-24(15-18-9-4-3-5-10-18)14-8-13-22-21(26)17-25-16-19-11-6-7-12-20(19)23-25/h3-5,9-10,16H,2,6-8,11-15,17H2,1H3,(H,22,26). The zero-order valence-corrected chi connectivity index (χ0v) is 15.8. The minimum absolute atomic E-state index is 0.0518. The maximum Gasteiger partial charge on any atom is 0.241 e. The van der Waals surface area contributed by atoms with Crippen molar-refractivity contribution in [1.29, 1.82) is 0 Å². The molecule has 1 aromatic carbocycles. The Kier molecular flexibility index (Phi) is 6.83. The van der Waals surface area contributed by atoms with Gasteiger partial charge in [0.2, 0.25) is 5.91 Å². The molecule has 1 aliphatic rings. The fourth-order valence-electron chi connectivity index (χ4n) is 3.53. The van der Waals surface area contributed by atoms with E-state index in [9.17, 15) is 4.79 Å². The number of carbonyl (C=O) groups is 1. The number of hydrogen-bond donors (Lipinski definition) is 1. The Morgan fingerprint density at radius 3 is 2.81 bits per heavy atom. The zero-order chi connectivity index (χ0) is 18.2. The third-order valence-corrected chi connectivity index (χ3v) is 5.01. The maximum absolute atomic E-state index is 12.1. The zero-order valence-electron chi connectivity index (χ0n) is 15.8. The highest BCUT2D eigenvalue weighted by Crippen LogP contribution is 2.19. The molecule has 0 atom stereocenters. The van der Waals surface area contributed by atoms with Crippen LogP contribution in [0.25, 0.3) is 0 Å². The van der Waals surface area contributed by atoms with Crippen LogP contribution in [0.5, 0.6) is 0 Å². The van der Waals surface area contributed by atoms with Gasteiger partial charge in [-0.1, -0.05) is 37.3 Å². The van der Waals surface area contributed by atoms with Crippen LogP contribution in [0.2, 0.25) is 0 Å². The summed E-state index contributed by atoms with van der Waals surface area (Å²) in [5.74, 6) is 0.0518. The van der Waals surface area contributed by atoms with Gasteiger partial charge in [-0.3, -0.25) is 14.4 Å². The highest BCUT2D eigenvalue weighted by molar-refractivity contribution is 5.75. The third-order valence-electron chi connectivity index (χ3n) is 5.01. The van der Waals surface area contributed by atoms with Gasteiger partial charge in [-0.15, -0.1) is 0 Å². The van der Waals surface area contributed by atoms with Crippen LogP contribution in [0.4, 0.5) is 0 Å². The lowest BCUT2D eigenvalue weighted by Gasteiger charge is -2.20. The summed E-state index contributed by atoms with van der Waals surface area (Å²) in [6, 6.07) is 10.5. The van der Waals surface area contributed by atoms with Crippen LogP contribution in [-0.2, 0) is 30.7 Å². The van der Waals surface area contributed by atoms with Gasteiger partial charge in [0.05, 0.1) is 5.69 Å². The maximum atomic E-state index is 12.1. The van der Waals surface area contributed by atoms with Crippen LogP contribution >= 0.6 is 0 Å². The molecule has 1 heterocycles. The molecule has 0 spiro atoms. The summed E-state index contributed by atoms with van der Waals surface area (Å²) in [5, 5.41) is 7.58. The Hall–Kier alpha value is -2.14. The van der Waals surface area contributed by atoms with Gasteiger partial charge in [0.1, 0.15) is 6.54 Å². The number of nitrogens with one attached hydrogen (secondary N) is 1. The largest absolute Gasteiger partial charge is 0.354 e. The molecular weight excluding hydrogens is 324 g/mol. The van der Waals surface area contributed by atoms with Crippen LogP contribution in [-0.4, -0.2) is 40.2 Å². The molecule has 26 heavy (non-hydrogen) atoms. The van der Waals surface area contributed by atoms with Crippen molar-refractivity contribution in [3.05, 3.63) is 53.3 Å². The predicted octanol–water partition coefficient (Wildman–Crippen LogP) is 2.79. The molecule has 1 N–H and O–H groups in total. The number of hydrogen-bond acceptors (Lipinski definition) is 3. The molecule has 1 amide bonds. The average Bonchev–Trinajstić information content (AvgIpc) is 3.07. The van der Waals surface area contributed by atoms with Crippen LogP contribution < -0.4 is 5.32 Å². The van der Waals surface area contributed by atoms with E-state index in [1.54, 1.807) is 4.68 Å². The van der Waals surface area contributed by atoms with E-state index in [2.05, 4.69) is 46.5 Å². The lowest BCUT2D eigenvalue weighted by molar-refractivity contribution is -0.121. The summed E-state index contributed by atoms with van der Waals surface area (Å²) in [4.78, 5) is 14.6. The number of aryl methyl sites for hydroxylation is 2. The number of carbonyl (C=O) groups excluding carboxylic acids is 1. The van der Waals surface area contributed by atoms with Gasteiger partial charge in [0.25, 0.3) is 0 Å². The minimum atomic E-state index is 0.0518. The predicted molar refractivity (Wildman–Crippen MR) is 104 cm³/mol. The monoisotopic (exact) mass is 354 g/mol. The average molecular weight is 354 g/mol. The minimum Gasteiger partial charge on any atom is -0.354 e. The molecule has 0 saturated carbocycles. The van der Waals surface area contributed by atoms with Crippen molar-refractivity contribution in [2.45, 2.75) is 52.1 Å². The van der Waals surface area contributed by atoms with Crippen LogP contribution in [0, 0.1) is 0 Å². The number of amides is 1. The van der Waals surface area contributed by atoms with Crippen LogP contribution in [0.15, 0.2) is 36.5 Å². The van der Waals surface area contributed by atoms with E-state index < -0.39 is 0 Å². The molecule has 0 unspecified atom stereocenters. The Morgan fingerprint density at radius 2 is 2.04 bits per heavy atom. The molecule has 2 aromatic rings. The summed E-state index contributed by atoms with van der Waals surface area (Å²) in [6.45, 7) is 6.19. The lowest BCUT2D eigenvalue weighted by atomic mass is 9.99. The first kappa shape index (κ1) is 18.6. The molecule has 0 aliphatic heterocycles. The molecule has 0 bridgehead atoms. The number of rotatable bonds is 9. The van der Waals surface area contributed by atoms with Crippen molar-refractivity contribution in [3.8, 4) is 0 Å². The molecule has 1 aliphatic carbocycles. The van der Waals surface area contributed by atoms with Gasteiger partial charge in [0, 0.05) is 25.8 Å². The van der Waals surface area contributed by atoms with E-state index in [1.807, 2.05) is 12.3 Å². The highest BCUT2D eigenvalue weighted by Gasteiger charge is 2.14. The van der Waals surface area contributed by atoms with Crippen molar-refractivity contribution >= 4 is 5.91 Å². The number of benzene rings is 1. The van der Waals surface area contributed by atoms with E-state index in [0.29, 0.717) is 13.1 Å². The van der Waals surface area contributed by atoms with Crippen LogP contribution in [0.3, 0.4) is 0 Å². The summed E-state index contributed by atoms with van der Waals surface area (Å²) in [6.07, 6.45) is 7.62. The number of aromatic nitrogens is 2. The van der Waals surface area contributed by atoms with Gasteiger partial charge in [0.15, 0.2) is 0 Å². The van der Waals surface area contributed by atoms with Gasteiger partial charge in [-0.25, -0.2) is 0 Å². The third kappa shape index (κ3) is 5.43. The molecule has 140 valence electrons. The Balaban J connectivity index is 1.36. The summed E-state index contributed by atoms with van der Waals surface area (Å²) >= 11 is 0. The first-order chi connectivity index (χ1) is 12.7. The molecule has 0 fully saturated rings. The van der Waals surface area contributed by atoms with E-state index in [1.165, 1.54) is 29.7 Å². The molecular formula is C21H30N4O. The Labute approximate surface area is 156 Å². The first-order valence-electron chi connectivity index (χ1n) is 9.83. The van der Waals surface area contributed by atoms with Gasteiger partial charge >= 0.3 is 0 Å². The normalized spacial score (nSPS) is 13.6. The molecule has 3 rings (SSSR count). The molecule has 0 saturated heterocycles. The van der Waals surface area contributed by atoms with Crippen molar-refractivity contribution in [2.75, 3.05) is 19.6 Å². The first-order valence-corrected chi connectivity index (χ1v) is 9.83. The van der Waals surface area contributed by atoms with Crippen molar-refractivity contribution in [3.63, 3.8) is 0 Å². The van der Waals surface area contributed by atoms with Crippen molar-refractivity contribution in [2.24, 2.45) is 0 Å². The van der Waals surface area contributed by atoms with Gasteiger partial charge in [-0.2, -0.15) is 5.10 Å². The lowest BCUT2D eigenvalue weighted by Crippen LogP contribution is -2.31. The van der Waals surface area contributed by atoms with Gasteiger partial charge in [-0.05, 0) is 49.8 Å². The Morgan fingerprint density at radius 1 is 1.23 bits per heavy atom. The fourth-order valence-corrected chi connectivity index (χ4v) is 3.53. The second kappa shape index (κ2) is 9.53. The van der Waals surface area contributed by atoms with Gasteiger partial charge < -0.3 is 5.32 Å². The Bertz CT molecular complexity index is 672. The van der Waals surface area contributed by atoms with E-state index in [0.717, 1.165) is 38.9 Å². The van der Waals surface area contributed by atoms with Crippen LogP contribution in [0.1, 0.15) is 43.0 Å². The number of fused-ring (bicyclic) bond motifs is 1. The molecule has 0 radical (unpaired) electrons. The SMILES string of the molecule is CCN(CCCNC(=O)Cn1cc2c(n1)CCCC2)Cc1ccccc1. The molecule has 1 aromatic heterocycles. The number of nitrogens with zero attached hydrogens (tertiary/aromatic N) is 3. The van der Waals surface area contributed by atoms with E-state index in [4.69, 9.17) is 0 Å². The summed E-state index contributed by atoms with van der Waals surface area (Å²) in [7, 11) is 0. The summed E-state index contributed by atoms with van der Waals surface area (Å²) < 4.78 is 1.80. The van der Waals surface area contributed by atoms with E-state index in [-0.39, 0.29) is 5.91 Å². The highest BCUT2D eigenvalue weighted by atomic mass is 16.2. The quantitative estimate of drug-likeness (QED) is 0.705. The topological polar surface area (TPSA) is 50.2 Å². The molecule has 5 heteroatoms. The smallest absolute Gasteiger partial charge is 0.241 e. The molecule has 5 nitrogen and oxygen atoms in total. The fraction of sp³-hybridized carbons (Fsp3) is 0.524. The summed E-state index contributed by atoms with van der Waals surface area (Å²) in [5.41, 5.74) is 3.84. The van der Waals surface area contributed by atoms with E-state index >= 15 is 0 Å². The second-order valence-corrected chi connectivity index (χ2v) is 7.06. The van der Waals surface area contributed by atoms with Crippen molar-refractivity contribution in [1.82, 2.24) is 20.0 Å². The van der Waals surface area contributed by atoms with Crippen molar-refractivity contribution < 1.29 is 4.79 Å².